The lowest BCUT2D eigenvalue weighted by atomic mass is 10.0. The molecule has 0 aromatic heterocycles. The highest BCUT2D eigenvalue weighted by molar-refractivity contribution is 7.99. The lowest BCUT2D eigenvalue weighted by Crippen LogP contribution is -2.49. The van der Waals surface area contributed by atoms with Crippen LogP contribution in [0, 0.1) is 13.8 Å². The summed E-state index contributed by atoms with van der Waals surface area (Å²) in [6.07, 6.45) is 5.09. The van der Waals surface area contributed by atoms with Crippen LogP contribution >= 0.6 is 11.8 Å². The Bertz CT molecular complexity index is 569. The average Bonchev–Trinajstić information content (AvgIpc) is 2.83. The Morgan fingerprint density at radius 1 is 1.08 bits per heavy atom. The van der Waals surface area contributed by atoms with E-state index in [1.807, 2.05) is 17.8 Å². The Hall–Kier alpha value is -1.00. The van der Waals surface area contributed by atoms with Crippen molar-refractivity contribution < 1.29 is 4.79 Å². The van der Waals surface area contributed by atoms with Crippen LogP contribution in [0.15, 0.2) is 18.2 Å². The van der Waals surface area contributed by atoms with Crippen LogP contribution in [0.3, 0.4) is 0 Å². The molecule has 2 fully saturated rings. The van der Waals surface area contributed by atoms with E-state index in [1.54, 1.807) is 0 Å². The SMILES string of the molecule is Cc1ccc(C(=O)N2CCCSCC2CN2CCCCC2)cc1C. The summed E-state index contributed by atoms with van der Waals surface area (Å²) in [5, 5.41) is 0. The average molecular weight is 347 g/mol. The maximum atomic E-state index is 13.2. The largest absolute Gasteiger partial charge is 0.334 e. The minimum absolute atomic E-state index is 0.225. The maximum absolute atomic E-state index is 13.2. The first kappa shape index (κ1) is 17.8. The first-order chi connectivity index (χ1) is 11.6. The van der Waals surface area contributed by atoms with Gasteiger partial charge in [-0.1, -0.05) is 12.5 Å². The van der Waals surface area contributed by atoms with Gasteiger partial charge in [0.05, 0.1) is 6.04 Å². The van der Waals surface area contributed by atoms with Crippen molar-refractivity contribution in [2.45, 2.75) is 45.6 Å². The van der Waals surface area contributed by atoms with Crippen molar-refractivity contribution in [3.05, 3.63) is 34.9 Å². The number of aryl methyl sites for hydroxylation is 2. The Kier molecular flexibility index (Phi) is 6.23. The standard InChI is InChI=1S/C20H30N2OS/c1-16-7-8-18(13-17(16)2)20(23)22-11-6-12-24-15-19(22)14-21-9-4-3-5-10-21/h7-8,13,19H,3-6,9-12,14-15H2,1-2H3. The normalized spacial score (nSPS) is 23.1. The van der Waals surface area contributed by atoms with Gasteiger partial charge in [-0.3, -0.25) is 4.79 Å². The molecule has 0 radical (unpaired) electrons. The first-order valence-corrected chi connectivity index (χ1v) is 10.5. The van der Waals surface area contributed by atoms with E-state index in [9.17, 15) is 4.79 Å². The van der Waals surface area contributed by atoms with Crippen LogP contribution < -0.4 is 0 Å². The molecule has 0 N–H and O–H groups in total. The van der Waals surface area contributed by atoms with Crippen LogP contribution in [-0.2, 0) is 0 Å². The van der Waals surface area contributed by atoms with Gasteiger partial charge in [-0.05, 0) is 75.2 Å². The van der Waals surface area contributed by atoms with Gasteiger partial charge in [0.2, 0.25) is 0 Å². The number of rotatable bonds is 3. The highest BCUT2D eigenvalue weighted by Gasteiger charge is 2.28. The molecule has 3 rings (SSSR count). The summed E-state index contributed by atoms with van der Waals surface area (Å²) in [6, 6.07) is 6.49. The summed E-state index contributed by atoms with van der Waals surface area (Å²) in [5.74, 6) is 2.47. The topological polar surface area (TPSA) is 23.6 Å². The smallest absolute Gasteiger partial charge is 0.254 e. The van der Waals surface area contributed by atoms with Gasteiger partial charge >= 0.3 is 0 Å². The van der Waals surface area contributed by atoms with Gasteiger partial charge in [0.15, 0.2) is 0 Å². The molecule has 0 saturated carbocycles. The molecule has 4 heteroatoms. The van der Waals surface area contributed by atoms with Gasteiger partial charge < -0.3 is 9.80 Å². The second kappa shape index (κ2) is 8.39. The Morgan fingerprint density at radius 3 is 2.62 bits per heavy atom. The fourth-order valence-corrected chi connectivity index (χ4v) is 4.79. The molecule has 2 aliphatic rings. The molecule has 0 spiro atoms. The number of likely N-dealkylation sites (tertiary alicyclic amines) is 1. The molecule has 1 atom stereocenters. The molecule has 0 aliphatic carbocycles. The van der Waals surface area contributed by atoms with Crippen molar-refractivity contribution >= 4 is 17.7 Å². The molecule has 132 valence electrons. The molecular formula is C20H30N2OS. The number of piperidine rings is 1. The number of amides is 1. The van der Waals surface area contributed by atoms with E-state index in [0.29, 0.717) is 6.04 Å². The zero-order valence-corrected chi connectivity index (χ0v) is 15.9. The van der Waals surface area contributed by atoms with Crippen LogP contribution in [0.2, 0.25) is 0 Å². The highest BCUT2D eigenvalue weighted by Crippen LogP contribution is 2.22. The van der Waals surface area contributed by atoms with Crippen LogP contribution in [-0.4, -0.2) is 59.4 Å². The van der Waals surface area contributed by atoms with Crippen molar-refractivity contribution in [1.82, 2.24) is 9.80 Å². The summed E-state index contributed by atoms with van der Waals surface area (Å²) < 4.78 is 0. The molecule has 3 nitrogen and oxygen atoms in total. The van der Waals surface area contributed by atoms with E-state index in [0.717, 1.165) is 30.8 Å². The molecule has 2 saturated heterocycles. The third kappa shape index (κ3) is 4.34. The number of thioether (sulfide) groups is 1. The van der Waals surface area contributed by atoms with Crippen LogP contribution in [0.25, 0.3) is 0 Å². The number of nitrogens with zero attached hydrogens (tertiary/aromatic N) is 2. The van der Waals surface area contributed by atoms with E-state index in [-0.39, 0.29) is 5.91 Å². The molecule has 2 aliphatic heterocycles. The molecule has 1 aromatic rings. The van der Waals surface area contributed by atoms with Gasteiger partial charge in [0.1, 0.15) is 0 Å². The fourth-order valence-electron chi connectivity index (χ4n) is 3.73. The zero-order chi connectivity index (χ0) is 16.9. The molecule has 1 unspecified atom stereocenters. The number of carbonyl (C=O) groups is 1. The third-order valence-electron chi connectivity index (χ3n) is 5.37. The van der Waals surface area contributed by atoms with Crippen molar-refractivity contribution in [2.75, 3.05) is 37.7 Å². The molecule has 1 aromatic carbocycles. The highest BCUT2D eigenvalue weighted by atomic mass is 32.2. The van der Waals surface area contributed by atoms with Crippen LogP contribution in [0.1, 0.15) is 47.2 Å². The molecular weight excluding hydrogens is 316 g/mol. The molecule has 2 heterocycles. The second-order valence-corrected chi connectivity index (χ2v) is 8.39. The predicted octanol–water partition coefficient (Wildman–Crippen LogP) is 3.74. The number of hydrogen-bond donors (Lipinski definition) is 0. The van der Waals surface area contributed by atoms with E-state index in [1.165, 1.54) is 49.2 Å². The number of hydrogen-bond acceptors (Lipinski definition) is 3. The Morgan fingerprint density at radius 2 is 1.88 bits per heavy atom. The molecule has 1 amide bonds. The summed E-state index contributed by atoms with van der Waals surface area (Å²) >= 11 is 2.01. The van der Waals surface area contributed by atoms with Gasteiger partial charge in [-0.2, -0.15) is 11.8 Å². The van der Waals surface area contributed by atoms with Crippen molar-refractivity contribution in [3.8, 4) is 0 Å². The van der Waals surface area contributed by atoms with Crippen LogP contribution in [0.5, 0.6) is 0 Å². The summed E-state index contributed by atoms with van der Waals surface area (Å²) in [7, 11) is 0. The van der Waals surface area contributed by atoms with E-state index in [4.69, 9.17) is 0 Å². The van der Waals surface area contributed by atoms with Gasteiger partial charge in [0.25, 0.3) is 5.91 Å². The Balaban J connectivity index is 1.75. The molecule has 0 bridgehead atoms. The zero-order valence-electron chi connectivity index (χ0n) is 15.1. The van der Waals surface area contributed by atoms with Gasteiger partial charge in [0, 0.05) is 24.4 Å². The monoisotopic (exact) mass is 346 g/mol. The third-order valence-corrected chi connectivity index (χ3v) is 6.57. The quantitative estimate of drug-likeness (QED) is 0.833. The lowest BCUT2D eigenvalue weighted by Gasteiger charge is -2.36. The van der Waals surface area contributed by atoms with Crippen molar-refractivity contribution in [2.24, 2.45) is 0 Å². The van der Waals surface area contributed by atoms with Gasteiger partial charge in [-0.15, -0.1) is 0 Å². The van der Waals surface area contributed by atoms with E-state index >= 15 is 0 Å². The maximum Gasteiger partial charge on any atom is 0.254 e. The van der Waals surface area contributed by atoms with E-state index < -0.39 is 0 Å². The van der Waals surface area contributed by atoms with Crippen molar-refractivity contribution in [3.63, 3.8) is 0 Å². The lowest BCUT2D eigenvalue weighted by molar-refractivity contribution is 0.0645. The first-order valence-electron chi connectivity index (χ1n) is 9.33. The van der Waals surface area contributed by atoms with E-state index in [2.05, 4.69) is 35.8 Å². The van der Waals surface area contributed by atoms with Crippen LogP contribution in [0.4, 0.5) is 0 Å². The second-order valence-electron chi connectivity index (χ2n) is 7.24. The fraction of sp³-hybridized carbons (Fsp3) is 0.650. The minimum Gasteiger partial charge on any atom is -0.334 e. The number of benzene rings is 1. The summed E-state index contributed by atoms with van der Waals surface area (Å²) in [6.45, 7) is 8.54. The van der Waals surface area contributed by atoms with Gasteiger partial charge in [-0.25, -0.2) is 0 Å². The predicted molar refractivity (Wildman–Crippen MR) is 103 cm³/mol. The minimum atomic E-state index is 0.225. The van der Waals surface area contributed by atoms with Crippen molar-refractivity contribution in [1.29, 1.82) is 0 Å². The number of carbonyl (C=O) groups excluding carboxylic acids is 1. The summed E-state index contributed by atoms with van der Waals surface area (Å²) in [5.41, 5.74) is 3.31. The summed E-state index contributed by atoms with van der Waals surface area (Å²) in [4.78, 5) is 17.9. The molecule has 24 heavy (non-hydrogen) atoms. The Labute approximate surface area is 150 Å².